The highest BCUT2D eigenvalue weighted by molar-refractivity contribution is 5.97. The second-order valence-corrected chi connectivity index (χ2v) is 14.8. The molecule has 5 aromatic rings. The number of hydrogen-bond acceptors (Lipinski definition) is 11. The molecule has 56 heavy (non-hydrogen) atoms. The topological polar surface area (TPSA) is 188 Å². The van der Waals surface area contributed by atoms with Gasteiger partial charge >= 0.3 is 18.2 Å². The third kappa shape index (κ3) is 10.1. The molecule has 1 N–H and O–H groups in total. The van der Waals surface area contributed by atoms with Crippen LogP contribution in [0.2, 0.25) is 0 Å². The summed E-state index contributed by atoms with van der Waals surface area (Å²) < 4.78 is 14.1. The second-order valence-electron chi connectivity index (χ2n) is 14.8. The molecule has 16 nitrogen and oxygen atoms in total. The van der Waals surface area contributed by atoms with E-state index in [1.54, 1.807) is 22.1 Å². The van der Waals surface area contributed by atoms with Crippen LogP contribution >= 0.6 is 0 Å². The summed E-state index contributed by atoms with van der Waals surface area (Å²) in [6.07, 6.45) is 10.1. The third-order valence-electron chi connectivity index (χ3n) is 9.57. The minimum Gasteiger partial charge on any atom is -0.467 e. The number of aromatic nitrogens is 7. The molecule has 0 bridgehead atoms. The van der Waals surface area contributed by atoms with Crippen LogP contribution in [0.3, 0.4) is 0 Å². The Labute approximate surface area is 325 Å². The van der Waals surface area contributed by atoms with Gasteiger partial charge < -0.3 is 24.3 Å². The number of H-pyrrole nitrogens is 1. The molecule has 1 aliphatic rings. The van der Waals surface area contributed by atoms with Crippen molar-refractivity contribution in [3.05, 3.63) is 72.2 Å². The number of fused-ring (bicyclic) bond motifs is 1. The van der Waals surface area contributed by atoms with Crippen LogP contribution in [0.5, 0.6) is 0 Å². The maximum atomic E-state index is 14.1. The van der Waals surface area contributed by atoms with Crippen LogP contribution in [0.15, 0.2) is 61.1 Å². The molecule has 0 spiro atoms. The van der Waals surface area contributed by atoms with Crippen molar-refractivity contribution in [2.24, 2.45) is 0 Å². The van der Waals surface area contributed by atoms with E-state index in [-0.39, 0.29) is 24.2 Å². The van der Waals surface area contributed by atoms with Crippen molar-refractivity contribution in [1.29, 1.82) is 0 Å². The molecule has 0 radical (unpaired) electrons. The van der Waals surface area contributed by atoms with Crippen LogP contribution in [-0.2, 0) is 30.3 Å². The van der Waals surface area contributed by atoms with E-state index in [0.29, 0.717) is 60.7 Å². The lowest BCUT2D eigenvalue weighted by Gasteiger charge is -2.35. The summed E-state index contributed by atoms with van der Waals surface area (Å²) in [5.74, 6) is -0.636. The van der Waals surface area contributed by atoms with Gasteiger partial charge in [0.2, 0.25) is 0 Å². The smallest absolute Gasteiger partial charge is 0.410 e. The van der Waals surface area contributed by atoms with Gasteiger partial charge in [0.15, 0.2) is 6.04 Å². The molecule has 2 aromatic carbocycles. The van der Waals surface area contributed by atoms with E-state index in [2.05, 4.69) is 39.5 Å². The van der Waals surface area contributed by atoms with Gasteiger partial charge in [-0.05, 0) is 63.9 Å². The Morgan fingerprint density at radius 1 is 0.893 bits per heavy atom. The first kappa shape index (κ1) is 41.0. The van der Waals surface area contributed by atoms with Crippen molar-refractivity contribution >= 4 is 35.0 Å². The van der Waals surface area contributed by atoms with Gasteiger partial charge in [0.05, 0.1) is 25.5 Å². The van der Waals surface area contributed by atoms with Crippen molar-refractivity contribution in [3.8, 4) is 22.5 Å². The van der Waals surface area contributed by atoms with Crippen molar-refractivity contribution in [2.45, 2.75) is 84.4 Å². The molecule has 4 heterocycles. The third-order valence-corrected chi connectivity index (χ3v) is 9.57. The Kier molecular flexibility index (Phi) is 13.5. The number of aromatic amines is 1. The number of methoxy groups -OCH3 is 1. The molecule has 3 aromatic heterocycles. The van der Waals surface area contributed by atoms with Crippen molar-refractivity contribution in [1.82, 2.24) is 44.8 Å². The fraction of sp³-hybridized carbons (Fsp3) is 0.450. The lowest BCUT2D eigenvalue weighted by Crippen LogP contribution is -2.51. The zero-order valence-electron chi connectivity index (χ0n) is 32.7. The van der Waals surface area contributed by atoms with Gasteiger partial charge in [0.25, 0.3) is 5.91 Å². The van der Waals surface area contributed by atoms with Gasteiger partial charge in [0, 0.05) is 66.4 Å². The highest BCUT2D eigenvalue weighted by Crippen LogP contribution is 2.30. The number of nitrogens with zero attached hydrogens (tertiary/aromatic N) is 8. The first-order valence-electron chi connectivity index (χ1n) is 18.7. The van der Waals surface area contributed by atoms with Crippen molar-refractivity contribution in [3.63, 3.8) is 0 Å². The van der Waals surface area contributed by atoms with Crippen LogP contribution < -0.4 is 0 Å². The minimum atomic E-state index is -0.778. The van der Waals surface area contributed by atoms with E-state index < -0.39 is 17.6 Å². The molecule has 296 valence electrons. The highest BCUT2D eigenvalue weighted by Gasteiger charge is 2.30. The number of hydrogen-bond donors (Lipinski definition) is 1. The van der Waals surface area contributed by atoms with Crippen LogP contribution in [0.4, 0.5) is 4.79 Å². The largest absolute Gasteiger partial charge is 0.467 e. The fourth-order valence-electron chi connectivity index (χ4n) is 6.59. The normalized spacial score (nSPS) is 14.0. The van der Waals surface area contributed by atoms with E-state index in [1.165, 1.54) is 11.8 Å². The fourth-order valence-corrected chi connectivity index (χ4v) is 6.59. The standard InChI is InChI=1S/C39H49N9O5.CO2/c1-7-8-9-12-26(2)47-24-33(41-43-47)27-19-28(21-29(20-27)36(49)45-15-17-46(18-16-45)38(51)53-39(3,4)5)34-25-48(44-42-34)35(37(50)52-6)22-30-23-40-32-14-11-10-13-31(30)32;2-1-3/h10-11,13-14,19-21,23-26,35,40H,7-9,12,15-18,22H2,1-6H3;/t26-,35+;/m1./s1. The van der Waals surface area contributed by atoms with E-state index in [9.17, 15) is 14.4 Å². The molecule has 2 atom stereocenters. The number of benzene rings is 2. The monoisotopic (exact) mass is 767 g/mol. The van der Waals surface area contributed by atoms with E-state index in [0.717, 1.165) is 42.1 Å². The molecule has 1 fully saturated rings. The molecular formula is C40H49N9O7. The number of para-hydroxylation sites is 1. The Hall–Kier alpha value is -6.15. The number of nitrogens with one attached hydrogen (secondary N) is 1. The summed E-state index contributed by atoms with van der Waals surface area (Å²) >= 11 is 0. The van der Waals surface area contributed by atoms with Crippen LogP contribution in [-0.4, -0.2) is 108 Å². The van der Waals surface area contributed by atoms with Gasteiger partial charge in [-0.1, -0.05) is 54.8 Å². The van der Waals surface area contributed by atoms with Gasteiger partial charge in [-0.15, -0.1) is 10.2 Å². The molecule has 1 saturated heterocycles. The summed E-state index contributed by atoms with van der Waals surface area (Å²) in [6.45, 7) is 11.2. The average Bonchev–Trinajstić information content (AvgIpc) is 3.97. The maximum absolute atomic E-state index is 14.1. The lowest BCUT2D eigenvalue weighted by molar-refractivity contribution is -0.191. The number of carbonyl (C=O) groups is 3. The summed E-state index contributed by atoms with van der Waals surface area (Å²) in [5, 5.41) is 18.8. The summed E-state index contributed by atoms with van der Waals surface area (Å²) in [5.41, 5.74) is 4.17. The maximum Gasteiger partial charge on any atom is 0.410 e. The molecule has 0 saturated carbocycles. The molecule has 16 heteroatoms. The predicted octanol–water partition coefficient (Wildman–Crippen LogP) is 5.89. The Bertz CT molecular complexity index is 2150. The number of esters is 1. The number of ether oxygens (including phenoxy) is 2. The number of piperazine rings is 1. The van der Waals surface area contributed by atoms with Crippen molar-refractivity contribution in [2.75, 3.05) is 33.3 Å². The van der Waals surface area contributed by atoms with Crippen LogP contribution in [0.25, 0.3) is 33.4 Å². The highest BCUT2D eigenvalue weighted by atomic mass is 16.6. The molecule has 0 unspecified atom stereocenters. The molecule has 2 amide bonds. The molecule has 1 aliphatic heterocycles. The first-order valence-corrected chi connectivity index (χ1v) is 18.7. The number of rotatable bonds is 12. The van der Waals surface area contributed by atoms with E-state index in [1.807, 2.05) is 74.2 Å². The lowest BCUT2D eigenvalue weighted by atomic mass is 10.0. The van der Waals surface area contributed by atoms with Gasteiger partial charge in [-0.3, -0.25) is 4.79 Å². The minimum absolute atomic E-state index is 0.167. The van der Waals surface area contributed by atoms with E-state index >= 15 is 0 Å². The second kappa shape index (κ2) is 18.5. The quantitative estimate of drug-likeness (QED) is 0.118. The number of unbranched alkanes of at least 4 members (excludes halogenated alkanes) is 2. The summed E-state index contributed by atoms with van der Waals surface area (Å²) in [4.78, 5) is 62.8. The predicted molar refractivity (Wildman–Crippen MR) is 205 cm³/mol. The van der Waals surface area contributed by atoms with Gasteiger partial charge in [-0.2, -0.15) is 9.59 Å². The van der Waals surface area contributed by atoms with E-state index in [4.69, 9.17) is 19.1 Å². The van der Waals surface area contributed by atoms with Crippen LogP contribution in [0, 0.1) is 0 Å². The molecule has 6 rings (SSSR count). The zero-order chi connectivity index (χ0) is 40.4. The SMILES string of the molecule is CCCCC[C@@H](C)n1cc(-c2cc(C(=O)N3CCN(C(=O)OC(C)(C)C)CC3)cc(-c3cn([C@@H](Cc4c[nH]c5ccccc45)C(=O)OC)nn3)c2)nn1.O=C=O. The Morgan fingerprint density at radius 2 is 1.50 bits per heavy atom. The van der Waals surface area contributed by atoms with Crippen molar-refractivity contribution < 1.29 is 33.4 Å². The Morgan fingerprint density at radius 3 is 2.12 bits per heavy atom. The molecule has 0 aliphatic carbocycles. The molecular weight excluding hydrogens is 718 g/mol. The van der Waals surface area contributed by atoms with Gasteiger partial charge in [0.1, 0.15) is 17.0 Å². The first-order chi connectivity index (χ1) is 26.8. The summed E-state index contributed by atoms with van der Waals surface area (Å²) in [6, 6.07) is 12.8. The van der Waals surface area contributed by atoms with Gasteiger partial charge in [-0.25, -0.2) is 19.0 Å². The number of carbonyl (C=O) groups excluding carboxylic acids is 5. The zero-order valence-corrected chi connectivity index (χ0v) is 32.7. The number of amides is 2. The average molecular weight is 768 g/mol. The summed E-state index contributed by atoms with van der Waals surface area (Å²) in [7, 11) is 1.36. The Balaban J connectivity index is 0.00000194. The van der Waals surface area contributed by atoms with Crippen LogP contribution in [0.1, 0.15) is 88.3 Å².